The fourth-order valence-corrected chi connectivity index (χ4v) is 11.9. The standard InChI is InChI=1S/C8H7F3O.2C8H9NO.C8H8O2.C8H10O.C7H6Cl2.C7H7Cl.C7H6F2.C7H7F.C6H6ClN.C6H6N4S.C6H7NOS.2C6H7N.C4H6N2S/c1-6-2-4-7(5-3-6)12-8(9,10)11;1-6-2-4-7(5-3-6)8(9)10;2*1-6-3-2-4-7(5-6)8(9)10;1-7-3-5-8(9-2)6-4-7;1-5-2-3-6(8)4-7(5)9;1-6-3-2-4-7(8)5-6;1-5-2-3-6(8)7(9)4-5;1-6-2-4-7(8)5-3-6;1-5-3-2-4-8-6(5)7;1-4-2-3-5(11-4)6-7-9-10-8-6;1-4-2-3-5(9-4)6(7)8;1-6-2-4-7-5-3-6;1-6-3-2-4-7-5-6;1-3-2-6-4(5)7-3/h2-5H,1H3;2*2-5H,1H3,(H2,9,10);2-5H,1H3,(H,9,10);3-6H,1-2H3;2-4H,1H3;2-5H,1H3;2-4H,1H3;2-5H,1H3;2-4H,1H3;2-3H,1H3,(H,7,8,9,10);2-3H,1H3,(H2,7,8);2*2-5H,1H3;2H,1H3,(H2,5,6). The van der Waals surface area contributed by atoms with E-state index in [1.807, 2.05) is 235 Å². The Kier molecular flexibility index (Phi) is 56.7. The minimum Gasteiger partial charge on any atom is -0.497 e. The number of tetrazole rings is 1. The number of aromatic carboxylic acids is 1. The number of anilines is 1. The molecule has 0 spiro atoms. The van der Waals surface area contributed by atoms with Gasteiger partial charge in [-0.15, -0.1) is 57.4 Å². The van der Waals surface area contributed by atoms with Gasteiger partial charge in [0.1, 0.15) is 22.5 Å². The number of methoxy groups -OCH3 is 1. The van der Waals surface area contributed by atoms with E-state index >= 15 is 0 Å². The number of carbonyl (C=O) groups excluding carboxylic acids is 3. The highest BCUT2D eigenvalue weighted by Gasteiger charge is 2.31. The Balaban J connectivity index is 0.000000487. The van der Waals surface area contributed by atoms with Crippen LogP contribution < -0.4 is 32.4 Å². The molecule has 16 rings (SSSR count). The van der Waals surface area contributed by atoms with Crippen molar-refractivity contribution in [2.75, 3.05) is 12.8 Å². The number of H-pyrrole nitrogens is 1. The summed E-state index contributed by atoms with van der Waals surface area (Å²) in [4.78, 5) is 62.5. The number of carbonyl (C=O) groups is 4. The fourth-order valence-electron chi connectivity index (χ4n) is 9.12. The molecular weight excluding hydrogens is 1860 g/mol. The zero-order valence-corrected chi connectivity index (χ0v) is 82.2. The molecular formula is C102H108Cl4F6N12O7S3. The summed E-state index contributed by atoms with van der Waals surface area (Å²) >= 11 is 27.2. The number of alkyl halides is 3. The second kappa shape index (κ2) is 65.2. The SMILES string of the molecule is COc1ccc(C)cc1.Cc1ccc(-c2nn[nH]n2)s1.Cc1ccc(C(N)=O)cc1.Cc1ccc(C(N)=O)s1.Cc1ccc(Cl)cc1Cl.Cc1ccc(F)c(F)c1.Cc1ccc(F)cc1.Cc1ccc(OC(F)(F)F)cc1.Cc1cccc(C(=O)O)c1.Cc1cccc(C(N)=O)c1.Cc1cccc(Cl)c1.Cc1cccnc1.Cc1cccnc1Cl.Cc1ccncc1.Cc1cnc(N)s1. The van der Waals surface area contributed by atoms with Crippen molar-refractivity contribution in [3.63, 3.8) is 0 Å². The largest absolute Gasteiger partial charge is 0.573 e. The number of thiazole rings is 1. The van der Waals surface area contributed by atoms with Crippen LogP contribution in [0.1, 0.15) is 122 Å². The Morgan fingerprint density at radius 1 is 0.403 bits per heavy atom. The Morgan fingerprint density at radius 3 is 1.22 bits per heavy atom. The number of ether oxygens (including phenoxy) is 2. The van der Waals surface area contributed by atoms with E-state index in [2.05, 4.69) is 52.2 Å². The van der Waals surface area contributed by atoms with Gasteiger partial charge in [-0.25, -0.2) is 27.9 Å². The number of thiophene rings is 2. The number of nitrogen functional groups attached to an aromatic ring is 1. The minimum absolute atomic E-state index is 0.171. The molecule has 3 amide bonds. The van der Waals surface area contributed by atoms with Gasteiger partial charge in [0.15, 0.2) is 16.8 Å². The van der Waals surface area contributed by atoms with Crippen molar-refractivity contribution < 1.29 is 60.1 Å². The van der Waals surface area contributed by atoms with E-state index in [1.165, 1.54) is 80.1 Å². The molecule has 0 fully saturated rings. The predicted molar refractivity (Wildman–Crippen MR) is 536 cm³/mol. The molecule has 134 heavy (non-hydrogen) atoms. The molecule has 0 saturated carbocycles. The number of hydrogen-bond acceptors (Lipinski definition) is 17. The van der Waals surface area contributed by atoms with Crippen molar-refractivity contribution in [3.05, 3.63) is 445 Å². The second-order valence-electron chi connectivity index (χ2n) is 28.3. The van der Waals surface area contributed by atoms with Gasteiger partial charge in [0.2, 0.25) is 17.6 Å². The summed E-state index contributed by atoms with van der Waals surface area (Å²) in [6.45, 7) is 29.2. The number of amides is 3. The van der Waals surface area contributed by atoms with Crippen LogP contribution in [0.4, 0.5) is 31.5 Å². The highest BCUT2D eigenvalue weighted by molar-refractivity contribution is 7.15. The van der Waals surface area contributed by atoms with Gasteiger partial charge in [0.05, 0.1) is 22.4 Å². The van der Waals surface area contributed by atoms with Crippen LogP contribution in [0.2, 0.25) is 20.2 Å². The Labute approximate surface area is 811 Å². The molecule has 10 N–H and O–H groups in total. The lowest BCUT2D eigenvalue weighted by Gasteiger charge is -2.08. The number of halogens is 10. The van der Waals surface area contributed by atoms with Crippen LogP contribution in [-0.2, 0) is 0 Å². The van der Waals surface area contributed by atoms with Crippen molar-refractivity contribution >= 4 is 109 Å². The average Bonchev–Trinajstić information content (AvgIpc) is 1.68. The van der Waals surface area contributed by atoms with Crippen LogP contribution in [0.3, 0.4) is 0 Å². The number of aromatic nitrogens is 8. The number of aryl methyl sites for hydroxylation is 15. The van der Waals surface area contributed by atoms with E-state index in [4.69, 9.17) is 79.2 Å². The first kappa shape index (κ1) is 117. The molecule has 7 heterocycles. The van der Waals surface area contributed by atoms with E-state index in [0.717, 1.165) is 87.1 Å². The number of benzene rings is 9. The van der Waals surface area contributed by atoms with Crippen LogP contribution in [0, 0.1) is 121 Å². The summed E-state index contributed by atoms with van der Waals surface area (Å²) in [5.41, 5.74) is 34.7. The van der Waals surface area contributed by atoms with Crippen LogP contribution in [0.25, 0.3) is 10.7 Å². The number of carboxylic acids is 1. The summed E-state index contributed by atoms with van der Waals surface area (Å²) in [5, 5.41) is 25.6. The molecule has 7 aromatic heterocycles. The summed E-state index contributed by atoms with van der Waals surface area (Å²) < 4.78 is 79.9. The Bertz CT molecular complexity index is 5820. The van der Waals surface area contributed by atoms with Crippen LogP contribution in [0.15, 0.2) is 304 Å². The van der Waals surface area contributed by atoms with Gasteiger partial charge in [-0.1, -0.05) is 189 Å². The molecule has 0 bridgehead atoms. The lowest BCUT2D eigenvalue weighted by molar-refractivity contribution is -0.274. The van der Waals surface area contributed by atoms with Crippen molar-refractivity contribution in [1.29, 1.82) is 0 Å². The summed E-state index contributed by atoms with van der Waals surface area (Å²) in [7, 11) is 1.67. The molecule has 0 atom stereocenters. The highest BCUT2D eigenvalue weighted by Crippen LogP contribution is 2.25. The third-order valence-electron chi connectivity index (χ3n) is 16.1. The molecule has 706 valence electrons. The van der Waals surface area contributed by atoms with Crippen molar-refractivity contribution in [3.8, 4) is 22.2 Å². The van der Waals surface area contributed by atoms with E-state index in [0.29, 0.717) is 42.7 Å². The number of pyridine rings is 3. The molecule has 19 nitrogen and oxygen atoms in total. The van der Waals surface area contributed by atoms with E-state index < -0.39 is 24.0 Å². The molecule has 32 heteroatoms. The van der Waals surface area contributed by atoms with Gasteiger partial charge in [-0.3, -0.25) is 24.4 Å². The number of nitrogens with two attached hydrogens (primary N) is 4. The Morgan fingerprint density at radius 2 is 0.888 bits per heavy atom. The second-order valence-corrected chi connectivity index (χ2v) is 33.8. The normalized spacial score (nSPS) is 9.54. The quantitative estimate of drug-likeness (QED) is 0.0638. The lowest BCUT2D eigenvalue weighted by Crippen LogP contribution is -2.16. The van der Waals surface area contributed by atoms with Gasteiger partial charge in [0.25, 0.3) is 5.91 Å². The van der Waals surface area contributed by atoms with Gasteiger partial charge in [-0.2, -0.15) is 5.21 Å². The fraction of sp³-hybridized carbons (Fsp3) is 0.167. The van der Waals surface area contributed by atoms with Crippen molar-refractivity contribution in [1.82, 2.24) is 40.6 Å². The molecule has 9 aromatic carbocycles. The third kappa shape index (κ3) is 56.3. The maximum Gasteiger partial charge on any atom is 0.573 e. The van der Waals surface area contributed by atoms with Gasteiger partial charge >= 0.3 is 12.3 Å². The molecule has 0 radical (unpaired) electrons. The minimum atomic E-state index is -4.60. The number of nitrogens with zero attached hydrogens (tertiary/aromatic N) is 7. The van der Waals surface area contributed by atoms with E-state index in [9.17, 15) is 45.5 Å². The van der Waals surface area contributed by atoms with Crippen molar-refractivity contribution in [2.24, 2.45) is 17.2 Å². The first-order valence-electron chi connectivity index (χ1n) is 40.2. The monoisotopic (exact) mass is 1960 g/mol. The number of hydrogen-bond donors (Lipinski definition) is 6. The Hall–Kier alpha value is -13.5. The van der Waals surface area contributed by atoms with E-state index in [-0.39, 0.29) is 29.3 Å². The molecule has 0 aliphatic rings. The molecule has 0 saturated heterocycles. The zero-order chi connectivity index (χ0) is 100. The smallest absolute Gasteiger partial charge is 0.497 e. The summed E-state index contributed by atoms with van der Waals surface area (Å²) in [5.74, 6) is -2.30. The van der Waals surface area contributed by atoms with Gasteiger partial charge in [-0.05, 0) is 300 Å². The van der Waals surface area contributed by atoms with E-state index in [1.54, 1.807) is 142 Å². The molecule has 0 unspecified atom stereocenters. The first-order valence-corrected chi connectivity index (χ1v) is 44.2. The average molecular weight is 1970 g/mol. The third-order valence-corrected chi connectivity index (χ3v) is 20.2. The summed E-state index contributed by atoms with van der Waals surface area (Å²) in [6.07, 6.45) is 6.02. The van der Waals surface area contributed by atoms with Gasteiger partial charge in [0, 0.05) is 78.0 Å². The maximum atomic E-state index is 12.2. The number of carboxylic acid groups (broad SMARTS) is 1. The zero-order valence-electron chi connectivity index (χ0n) is 76.7. The molecule has 0 aliphatic carbocycles. The number of aromatic amines is 1. The first-order chi connectivity index (χ1) is 63.3. The number of primary amides is 3. The maximum absolute atomic E-state index is 12.2. The van der Waals surface area contributed by atoms with Crippen molar-refractivity contribution in [2.45, 2.75) is 110 Å². The van der Waals surface area contributed by atoms with Crippen LogP contribution >= 0.6 is 80.4 Å². The lowest BCUT2D eigenvalue weighted by atomic mass is 10.1. The number of nitrogens with one attached hydrogen (secondary N) is 1. The van der Waals surface area contributed by atoms with Gasteiger partial charge < -0.3 is 37.5 Å². The predicted octanol–water partition coefficient (Wildman–Crippen LogP) is 27.4. The topological polar surface area (TPSA) is 317 Å². The van der Waals surface area contributed by atoms with Crippen LogP contribution in [0.5, 0.6) is 11.5 Å². The van der Waals surface area contributed by atoms with Crippen LogP contribution in [-0.4, -0.2) is 82.8 Å². The molecule has 0 aliphatic heterocycles. The highest BCUT2D eigenvalue weighted by atomic mass is 35.5. The molecule has 16 aromatic rings. The summed E-state index contributed by atoms with van der Waals surface area (Å²) in [6, 6.07) is 77.6. The number of rotatable bonds is 7.